The first-order valence-electron chi connectivity index (χ1n) is 15.6. The van der Waals surface area contributed by atoms with Crippen molar-refractivity contribution in [2.75, 3.05) is 13.2 Å². The van der Waals surface area contributed by atoms with Crippen LogP contribution in [0.15, 0.2) is 36.4 Å². The lowest BCUT2D eigenvalue weighted by Gasteiger charge is -2.34. The summed E-state index contributed by atoms with van der Waals surface area (Å²) in [5.41, 5.74) is 5.36. The van der Waals surface area contributed by atoms with Gasteiger partial charge in [-0.25, -0.2) is 14.4 Å². The summed E-state index contributed by atoms with van der Waals surface area (Å²) in [5.74, 6) is -1.93. The summed E-state index contributed by atoms with van der Waals surface area (Å²) < 4.78 is 21.3. The van der Waals surface area contributed by atoms with Crippen molar-refractivity contribution in [3.63, 3.8) is 0 Å². The van der Waals surface area contributed by atoms with Crippen molar-refractivity contribution in [2.24, 2.45) is 11.8 Å². The van der Waals surface area contributed by atoms with E-state index < -0.39 is 41.0 Å². The number of carbonyl (C=O) groups is 3. The summed E-state index contributed by atoms with van der Waals surface area (Å²) in [4.78, 5) is 42.1. The van der Waals surface area contributed by atoms with Crippen molar-refractivity contribution in [3.8, 4) is 0 Å². The molecule has 0 spiro atoms. The lowest BCUT2D eigenvalue weighted by molar-refractivity contribution is -0.149. The van der Waals surface area contributed by atoms with Gasteiger partial charge in [0.25, 0.3) is 5.91 Å². The van der Waals surface area contributed by atoms with Gasteiger partial charge in [0.2, 0.25) is 5.91 Å². The SMILES string of the molecule is CC(/C=C/c1ccc2ccc([C@@H](C)N[S@@](=O)C(C)(C)C)nc2c1)CO[C@H](C(=O)N[C@@H](C)C(=O)N1CCC[C@@H](C(=O)O)N1)C(C)C. The maximum atomic E-state index is 13.1. The minimum absolute atomic E-state index is 0.00445. The van der Waals surface area contributed by atoms with Gasteiger partial charge in [0.05, 0.1) is 39.6 Å². The van der Waals surface area contributed by atoms with Gasteiger partial charge >= 0.3 is 5.97 Å². The topological polar surface area (TPSA) is 150 Å². The third-order valence-electron chi connectivity index (χ3n) is 7.52. The Morgan fingerprint density at radius 3 is 2.49 bits per heavy atom. The Morgan fingerprint density at radius 2 is 1.84 bits per heavy atom. The predicted octanol–water partition coefficient (Wildman–Crippen LogP) is 4.12. The number of benzene rings is 1. The number of carbonyl (C=O) groups excluding carboxylic acids is 2. The van der Waals surface area contributed by atoms with Crippen molar-refractivity contribution >= 4 is 45.7 Å². The molecule has 248 valence electrons. The Hall–Kier alpha value is -3.19. The van der Waals surface area contributed by atoms with E-state index in [4.69, 9.17) is 9.72 Å². The van der Waals surface area contributed by atoms with E-state index in [0.29, 0.717) is 26.0 Å². The smallest absolute Gasteiger partial charge is 0.322 e. The fraction of sp³-hybridized carbons (Fsp3) is 0.576. The number of ether oxygens (including phenoxy) is 1. The van der Waals surface area contributed by atoms with E-state index in [-0.39, 0.29) is 28.5 Å². The maximum absolute atomic E-state index is 13.1. The molecule has 0 aliphatic carbocycles. The van der Waals surface area contributed by atoms with Gasteiger partial charge in [-0.2, -0.15) is 0 Å². The van der Waals surface area contributed by atoms with Gasteiger partial charge < -0.3 is 15.2 Å². The minimum Gasteiger partial charge on any atom is -0.480 e. The van der Waals surface area contributed by atoms with Crippen LogP contribution in [0, 0.1) is 11.8 Å². The van der Waals surface area contributed by atoms with E-state index in [1.165, 1.54) is 5.01 Å². The number of pyridine rings is 1. The summed E-state index contributed by atoms with van der Waals surface area (Å²) >= 11 is 0. The lowest BCUT2D eigenvalue weighted by atomic mass is 10.0. The number of amides is 2. The van der Waals surface area contributed by atoms with Crippen LogP contribution < -0.4 is 15.5 Å². The average Bonchev–Trinajstić information content (AvgIpc) is 2.98. The molecule has 12 heteroatoms. The summed E-state index contributed by atoms with van der Waals surface area (Å²) in [6.45, 7) is 15.8. The van der Waals surface area contributed by atoms with Crippen LogP contribution >= 0.6 is 0 Å². The van der Waals surface area contributed by atoms with Crippen LogP contribution in [-0.4, -0.2) is 73.2 Å². The highest BCUT2D eigenvalue weighted by atomic mass is 32.2. The second-order valence-corrected chi connectivity index (χ2v) is 15.1. The second kappa shape index (κ2) is 15.9. The first kappa shape index (κ1) is 36.3. The Bertz CT molecular complexity index is 1410. The van der Waals surface area contributed by atoms with Gasteiger partial charge in [-0.3, -0.25) is 24.4 Å². The average molecular weight is 644 g/mol. The van der Waals surface area contributed by atoms with Crippen LogP contribution in [0.4, 0.5) is 0 Å². The van der Waals surface area contributed by atoms with Gasteiger partial charge in [-0.05, 0) is 77.0 Å². The Balaban J connectivity index is 1.58. The Morgan fingerprint density at radius 1 is 1.16 bits per heavy atom. The van der Waals surface area contributed by atoms with E-state index in [1.54, 1.807) is 6.92 Å². The van der Waals surface area contributed by atoms with Crippen molar-refractivity contribution < 1.29 is 28.4 Å². The van der Waals surface area contributed by atoms with Crippen molar-refractivity contribution in [2.45, 2.75) is 97.2 Å². The number of fused-ring (bicyclic) bond motifs is 1. The molecule has 0 saturated carbocycles. The molecule has 0 bridgehead atoms. The molecule has 4 N–H and O–H groups in total. The van der Waals surface area contributed by atoms with Crippen LogP contribution in [-0.2, 0) is 30.1 Å². The molecule has 1 aromatic heterocycles. The van der Waals surface area contributed by atoms with Crippen molar-refractivity contribution in [1.82, 2.24) is 25.5 Å². The van der Waals surface area contributed by atoms with E-state index in [1.807, 2.05) is 91.0 Å². The highest BCUT2D eigenvalue weighted by Crippen LogP contribution is 2.21. The number of hydrogen-bond acceptors (Lipinski definition) is 7. The van der Waals surface area contributed by atoms with Gasteiger partial charge in [0.15, 0.2) is 0 Å². The fourth-order valence-corrected chi connectivity index (χ4v) is 5.56. The fourth-order valence-electron chi connectivity index (χ4n) is 4.76. The highest BCUT2D eigenvalue weighted by Gasteiger charge is 2.32. The first-order valence-corrected chi connectivity index (χ1v) is 16.7. The molecule has 1 aliphatic heterocycles. The van der Waals surface area contributed by atoms with E-state index in [9.17, 15) is 23.7 Å². The summed E-state index contributed by atoms with van der Waals surface area (Å²) in [7, 11) is -1.21. The molecule has 1 fully saturated rings. The molecule has 2 heterocycles. The van der Waals surface area contributed by atoms with Crippen molar-refractivity contribution in [1.29, 1.82) is 0 Å². The van der Waals surface area contributed by atoms with Crippen LogP contribution in [0.1, 0.15) is 85.5 Å². The normalized spacial score (nSPS) is 19.3. The van der Waals surface area contributed by atoms with Crippen LogP contribution in [0.3, 0.4) is 0 Å². The Kier molecular flexibility index (Phi) is 12.8. The van der Waals surface area contributed by atoms with Crippen LogP contribution in [0.25, 0.3) is 17.0 Å². The lowest BCUT2D eigenvalue weighted by Crippen LogP contribution is -2.60. The summed E-state index contributed by atoms with van der Waals surface area (Å²) in [6.07, 6.45) is 4.26. The van der Waals surface area contributed by atoms with Gasteiger partial charge in [0, 0.05) is 11.9 Å². The highest BCUT2D eigenvalue weighted by molar-refractivity contribution is 7.84. The summed E-state index contributed by atoms with van der Waals surface area (Å²) in [6, 6.07) is 8.16. The van der Waals surface area contributed by atoms with Gasteiger partial charge in [-0.15, -0.1) is 0 Å². The number of rotatable bonds is 13. The van der Waals surface area contributed by atoms with E-state index >= 15 is 0 Å². The zero-order valence-corrected chi connectivity index (χ0v) is 28.4. The van der Waals surface area contributed by atoms with Crippen molar-refractivity contribution in [3.05, 3.63) is 47.7 Å². The van der Waals surface area contributed by atoms with E-state index in [0.717, 1.165) is 22.2 Å². The molecule has 3 rings (SSSR count). The number of nitrogens with one attached hydrogen (secondary N) is 3. The number of carboxylic acids is 1. The molecule has 0 radical (unpaired) electrons. The van der Waals surface area contributed by atoms with E-state index in [2.05, 4.69) is 15.5 Å². The predicted molar refractivity (Wildman–Crippen MR) is 177 cm³/mol. The zero-order valence-electron chi connectivity index (χ0n) is 27.6. The molecule has 1 aromatic carbocycles. The zero-order chi connectivity index (χ0) is 33.5. The second-order valence-electron chi connectivity index (χ2n) is 13.1. The maximum Gasteiger partial charge on any atom is 0.322 e. The summed E-state index contributed by atoms with van der Waals surface area (Å²) in [5, 5.41) is 14.3. The number of aromatic nitrogens is 1. The first-order chi connectivity index (χ1) is 21.1. The third-order valence-corrected chi connectivity index (χ3v) is 9.20. The number of hydrogen-bond donors (Lipinski definition) is 4. The molecule has 1 saturated heterocycles. The standard InChI is InChI=1S/C33H49N5O6S/c1-20(2)29(30(39)34-23(5)31(40)38-17-9-10-27(36-38)32(41)42)44-19-21(3)11-12-24-13-14-25-15-16-26(35-28(25)18-24)22(4)37-45(43)33(6,7)8/h11-16,18,20-23,27,29,36-37H,9-10,17,19H2,1-8H3,(H,34,39)(H,41,42)/b12-11+/t21?,22-,23+,27+,29+,45+/m1/s1. The molecule has 11 nitrogen and oxygen atoms in total. The number of carboxylic acid groups (broad SMARTS) is 1. The molecule has 1 unspecified atom stereocenters. The van der Waals surface area contributed by atoms with Gasteiger partial charge in [0.1, 0.15) is 18.2 Å². The van der Waals surface area contributed by atoms with Gasteiger partial charge in [-0.1, -0.05) is 51.1 Å². The largest absolute Gasteiger partial charge is 0.480 e. The molecular weight excluding hydrogens is 594 g/mol. The number of hydrazine groups is 1. The number of nitrogens with zero attached hydrogens (tertiary/aromatic N) is 2. The third kappa shape index (κ3) is 10.4. The van der Waals surface area contributed by atoms with Crippen LogP contribution in [0.5, 0.6) is 0 Å². The molecule has 2 aromatic rings. The molecule has 6 atom stereocenters. The molecule has 1 aliphatic rings. The monoisotopic (exact) mass is 643 g/mol. The minimum atomic E-state index is -1.21. The Labute approximate surface area is 269 Å². The van der Waals surface area contributed by atoms with Crippen LogP contribution in [0.2, 0.25) is 0 Å². The quantitative estimate of drug-likeness (QED) is 0.255. The molecule has 45 heavy (non-hydrogen) atoms. The molecule has 2 amide bonds. The molecular formula is C33H49N5O6S. The number of aliphatic carboxylic acids is 1.